The minimum atomic E-state index is 0.701. The second-order valence-corrected chi connectivity index (χ2v) is 3.25. The maximum Gasteiger partial charge on any atom is 0.122 e. The van der Waals surface area contributed by atoms with Gasteiger partial charge in [-0.05, 0) is 37.6 Å². The fourth-order valence-electron chi connectivity index (χ4n) is 1.51. The van der Waals surface area contributed by atoms with Crippen molar-refractivity contribution in [2.45, 2.75) is 13.8 Å². The van der Waals surface area contributed by atoms with Gasteiger partial charge in [0.15, 0.2) is 0 Å². The van der Waals surface area contributed by atoms with Gasteiger partial charge in [-0.3, -0.25) is 4.98 Å². The molecule has 1 aromatic carbocycles. The Morgan fingerprint density at radius 1 is 1.36 bits per heavy atom. The molecule has 0 aliphatic rings. The Kier molecular flexibility index (Phi) is 2.35. The average molecular weight is 187 g/mol. The van der Waals surface area contributed by atoms with Gasteiger partial charge in [0.05, 0.1) is 12.1 Å². The molecule has 2 rings (SSSR count). The van der Waals surface area contributed by atoms with E-state index < -0.39 is 0 Å². The first-order chi connectivity index (χ1) is 6.81. The molecule has 1 heterocycles. The number of aryl methyl sites for hydroxylation is 1. The normalized spacial score (nSPS) is 10.4. The highest BCUT2D eigenvalue weighted by Gasteiger charge is 2.01. The van der Waals surface area contributed by atoms with E-state index in [1.807, 2.05) is 38.2 Å². The molecule has 1 aromatic heterocycles. The molecule has 0 radical (unpaired) electrons. The first-order valence-corrected chi connectivity index (χ1v) is 4.79. The molecule has 0 spiro atoms. The number of ether oxygens (including phenoxy) is 1. The van der Waals surface area contributed by atoms with E-state index in [-0.39, 0.29) is 0 Å². The summed E-state index contributed by atoms with van der Waals surface area (Å²) < 4.78 is 5.52. The van der Waals surface area contributed by atoms with E-state index in [1.54, 1.807) is 0 Å². The van der Waals surface area contributed by atoms with Gasteiger partial charge in [0, 0.05) is 11.6 Å². The number of nitrogens with zero attached hydrogens (tertiary/aromatic N) is 1. The molecular weight excluding hydrogens is 174 g/mol. The molecule has 0 saturated heterocycles. The van der Waals surface area contributed by atoms with Crippen molar-refractivity contribution in [2.75, 3.05) is 6.61 Å². The Hall–Kier alpha value is -1.57. The molecule has 2 nitrogen and oxygen atoms in total. The maximum absolute atomic E-state index is 5.52. The van der Waals surface area contributed by atoms with Crippen LogP contribution in [-0.2, 0) is 0 Å². The Bertz CT molecular complexity index is 451. The molecule has 0 bridgehead atoms. The van der Waals surface area contributed by atoms with Gasteiger partial charge >= 0.3 is 0 Å². The van der Waals surface area contributed by atoms with E-state index in [2.05, 4.69) is 11.1 Å². The molecule has 2 heteroatoms. The summed E-state index contributed by atoms with van der Waals surface area (Å²) >= 11 is 0. The minimum absolute atomic E-state index is 0.701. The van der Waals surface area contributed by atoms with Crippen LogP contribution in [0.2, 0.25) is 0 Å². The third-order valence-corrected chi connectivity index (χ3v) is 2.20. The van der Waals surface area contributed by atoms with Gasteiger partial charge in [-0.15, -0.1) is 0 Å². The summed E-state index contributed by atoms with van der Waals surface area (Å²) in [6, 6.07) is 8.08. The quantitative estimate of drug-likeness (QED) is 0.721. The van der Waals surface area contributed by atoms with E-state index in [4.69, 9.17) is 4.74 Å². The number of hydrogen-bond acceptors (Lipinski definition) is 2. The number of benzene rings is 1. The highest BCUT2D eigenvalue weighted by molar-refractivity contribution is 5.81. The number of fused-ring (bicyclic) bond motifs is 1. The zero-order chi connectivity index (χ0) is 9.97. The molecule has 0 aliphatic carbocycles. The monoisotopic (exact) mass is 187 g/mol. The van der Waals surface area contributed by atoms with Crippen LogP contribution in [-0.4, -0.2) is 11.6 Å². The smallest absolute Gasteiger partial charge is 0.122 e. The third-order valence-electron chi connectivity index (χ3n) is 2.20. The summed E-state index contributed by atoms with van der Waals surface area (Å²) in [5.74, 6) is 0.952. The lowest BCUT2D eigenvalue weighted by atomic mass is 10.1. The summed E-state index contributed by atoms with van der Waals surface area (Å²) in [5, 5.41) is 1.13. The molecule has 0 unspecified atom stereocenters. The van der Waals surface area contributed by atoms with Crippen LogP contribution in [0.1, 0.15) is 12.5 Å². The lowest BCUT2D eigenvalue weighted by Crippen LogP contribution is -1.94. The van der Waals surface area contributed by atoms with Crippen LogP contribution in [0.4, 0.5) is 0 Å². The zero-order valence-electron chi connectivity index (χ0n) is 8.45. The van der Waals surface area contributed by atoms with Crippen LogP contribution in [0.25, 0.3) is 10.9 Å². The minimum Gasteiger partial charge on any atom is -0.494 e. The predicted molar refractivity (Wildman–Crippen MR) is 57.6 cm³/mol. The van der Waals surface area contributed by atoms with Crippen molar-refractivity contribution in [2.24, 2.45) is 0 Å². The first kappa shape index (κ1) is 9.00. The number of rotatable bonds is 2. The van der Waals surface area contributed by atoms with E-state index in [9.17, 15) is 0 Å². The van der Waals surface area contributed by atoms with Crippen molar-refractivity contribution in [3.05, 3.63) is 36.0 Å². The van der Waals surface area contributed by atoms with Gasteiger partial charge in [-0.25, -0.2) is 0 Å². The Morgan fingerprint density at radius 3 is 3.00 bits per heavy atom. The van der Waals surface area contributed by atoms with E-state index in [0.29, 0.717) is 6.61 Å². The van der Waals surface area contributed by atoms with Gasteiger partial charge in [-0.2, -0.15) is 0 Å². The topological polar surface area (TPSA) is 22.1 Å². The third kappa shape index (κ3) is 1.55. The number of aromatic nitrogens is 1. The molecule has 0 fully saturated rings. The van der Waals surface area contributed by atoms with Gasteiger partial charge in [-0.1, -0.05) is 6.07 Å². The van der Waals surface area contributed by atoms with Crippen LogP contribution in [0.3, 0.4) is 0 Å². The average Bonchev–Trinajstić information content (AvgIpc) is 2.19. The fourth-order valence-corrected chi connectivity index (χ4v) is 1.51. The van der Waals surface area contributed by atoms with Crippen molar-refractivity contribution in [3.8, 4) is 5.75 Å². The van der Waals surface area contributed by atoms with Gasteiger partial charge in [0.2, 0.25) is 0 Å². The molecular formula is C12H13NO. The van der Waals surface area contributed by atoms with Crippen LogP contribution in [0.5, 0.6) is 5.75 Å². The van der Waals surface area contributed by atoms with E-state index >= 15 is 0 Å². The van der Waals surface area contributed by atoms with Gasteiger partial charge in [0.25, 0.3) is 0 Å². The maximum atomic E-state index is 5.52. The van der Waals surface area contributed by atoms with Crippen LogP contribution >= 0.6 is 0 Å². The summed E-state index contributed by atoms with van der Waals surface area (Å²) in [6.45, 7) is 4.73. The van der Waals surface area contributed by atoms with Crippen LogP contribution in [0.15, 0.2) is 30.5 Å². The summed E-state index contributed by atoms with van der Waals surface area (Å²) in [5.41, 5.74) is 2.16. The lowest BCUT2D eigenvalue weighted by Gasteiger charge is -2.07. The summed E-state index contributed by atoms with van der Waals surface area (Å²) in [4.78, 5) is 4.29. The van der Waals surface area contributed by atoms with E-state index in [0.717, 1.165) is 22.2 Å². The molecule has 0 N–H and O–H groups in total. The van der Waals surface area contributed by atoms with Crippen molar-refractivity contribution < 1.29 is 4.74 Å². The molecule has 0 amide bonds. The van der Waals surface area contributed by atoms with Crippen molar-refractivity contribution in [1.29, 1.82) is 0 Å². The second-order valence-electron chi connectivity index (χ2n) is 3.25. The number of hydrogen-bond donors (Lipinski definition) is 0. The summed E-state index contributed by atoms with van der Waals surface area (Å²) in [6.07, 6.45) is 1.81. The van der Waals surface area contributed by atoms with Crippen molar-refractivity contribution in [3.63, 3.8) is 0 Å². The fraction of sp³-hybridized carbons (Fsp3) is 0.250. The first-order valence-electron chi connectivity index (χ1n) is 4.79. The molecule has 14 heavy (non-hydrogen) atoms. The SMILES string of the molecule is CCOc1cc2cccnc2cc1C. The predicted octanol–water partition coefficient (Wildman–Crippen LogP) is 2.94. The van der Waals surface area contributed by atoms with Crippen LogP contribution < -0.4 is 4.74 Å². The highest BCUT2D eigenvalue weighted by Crippen LogP contribution is 2.23. The van der Waals surface area contributed by atoms with Gasteiger partial charge < -0.3 is 4.74 Å². The largest absolute Gasteiger partial charge is 0.494 e. The Morgan fingerprint density at radius 2 is 2.21 bits per heavy atom. The zero-order valence-corrected chi connectivity index (χ0v) is 8.45. The lowest BCUT2D eigenvalue weighted by molar-refractivity contribution is 0.338. The Balaban J connectivity index is 2.59. The Labute approximate surface area is 83.5 Å². The summed E-state index contributed by atoms with van der Waals surface area (Å²) in [7, 11) is 0. The van der Waals surface area contributed by atoms with Crippen LogP contribution in [0, 0.1) is 6.92 Å². The molecule has 0 saturated carbocycles. The van der Waals surface area contributed by atoms with Gasteiger partial charge in [0.1, 0.15) is 5.75 Å². The number of pyridine rings is 1. The molecule has 0 atom stereocenters. The molecule has 0 aliphatic heterocycles. The van der Waals surface area contributed by atoms with Crippen molar-refractivity contribution in [1.82, 2.24) is 4.98 Å². The molecule has 72 valence electrons. The van der Waals surface area contributed by atoms with Crippen molar-refractivity contribution >= 4 is 10.9 Å². The molecule has 2 aromatic rings. The highest BCUT2D eigenvalue weighted by atomic mass is 16.5. The van der Waals surface area contributed by atoms with E-state index in [1.165, 1.54) is 0 Å². The second kappa shape index (κ2) is 3.66. The standard InChI is InChI=1S/C12H13NO/c1-3-14-12-8-10-5-4-6-13-11(10)7-9(12)2/h4-8H,3H2,1-2H3.